The van der Waals surface area contributed by atoms with Crippen molar-refractivity contribution in [2.24, 2.45) is 5.73 Å². The quantitative estimate of drug-likeness (QED) is 0.820. The molecule has 0 unspecified atom stereocenters. The molecule has 3 N–H and O–H groups in total. The van der Waals surface area contributed by atoms with Crippen molar-refractivity contribution in [1.29, 1.82) is 0 Å². The normalized spacial score (nSPS) is 11.0. The summed E-state index contributed by atoms with van der Waals surface area (Å²) in [6.45, 7) is 4.95. The largest absolute Gasteiger partial charge is 0.506 e. The fourth-order valence-electron chi connectivity index (χ4n) is 2.30. The van der Waals surface area contributed by atoms with Crippen molar-refractivity contribution in [2.45, 2.75) is 26.4 Å². The first-order valence-corrected chi connectivity index (χ1v) is 7.31. The maximum atomic E-state index is 9.96. The van der Waals surface area contributed by atoms with Crippen LogP contribution >= 0.6 is 0 Å². The van der Waals surface area contributed by atoms with E-state index < -0.39 is 0 Å². The second kappa shape index (κ2) is 7.76. The van der Waals surface area contributed by atoms with E-state index in [4.69, 9.17) is 5.73 Å². The van der Waals surface area contributed by atoms with Crippen LogP contribution in [-0.2, 0) is 13.1 Å². The first-order valence-electron chi connectivity index (χ1n) is 7.31. The first-order chi connectivity index (χ1) is 10.2. The van der Waals surface area contributed by atoms with Gasteiger partial charge in [0.05, 0.1) is 5.69 Å². The number of hydrogen-bond acceptors (Lipinski definition) is 4. The minimum atomic E-state index is 0.256. The van der Waals surface area contributed by atoms with Crippen molar-refractivity contribution in [2.75, 3.05) is 13.1 Å². The molecular weight excluding hydrogens is 262 g/mol. The van der Waals surface area contributed by atoms with Gasteiger partial charge in [-0.3, -0.25) is 9.88 Å². The minimum Gasteiger partial charge on any atom is -0.506 e. The number of pyridine rings is 1. The molecule has 0 spiro atoms. The average molecular weight is 285 g/mol. The first kappa shape index (κ1) is 15.5. The highest BCUT2D eigenvalue weighted by Gasteiger charge is 2.11. The smallest absolute Gasteiger partial charge is 0.138 e. The van der Waals surface area contributed by atoms with Gasteiger partial charge in [-0.1, -0.05) is 30.3 Å². The van der Waals surface area contributed by atoms with Gasteiger partial charge in [0, 0.05) is 25.3 Å². The SMILES string of the molecule is Cc1ccc(O)c(CN(CCCN)Cc2ccccc2)n1. The van der Waals surface area contributed by atoms with Gasteiger partial charge < -0.3 is 10.8 Å². The van der Waals surface area contributed by atoms with Gasteiger partial charge in [-0.25, -0.2) is 0 Å². The van der Waals surface area contributed by atoms with E-state index >= 15 is 0 Å². The summed E-state index contributed by atoms with van der Waals surface area (Å²) in [6, 6.07) is 13.8. The van der Waals surface area contributed by atoms with Gasteiger partial charge in [-0.15, -0.1) is 0 Å². The predicted molar refractivity (Wildman–Crippen MR) is 84.9 cm³/mol. The van der Waals surface area contributed by atoms with Crippen LogP contribution in [0.3, 0.4) is 0 Å². The van der Waals surface area contributed by atoms with Crippen LogP contribution in [0, 0.1) is 6.92 Å². The van der Waals surface area contributed by atoms with Crippen molar-refractivity contribution in [3.05, 3.63) is 59.4 Å². The summed E-state index contributed by atoms with van der Waals surface area (Å²) in [6.07, 6.45) is 0.930. The van der Waals surface area contributed by atoms with Gasteiger partial charge in [0.15, 0.2) is 0 Å². The number of rotatable bonds is 7. The Morgan fingerprint density at radius 2 is 1.86 bits per heavy atom. The van der Waals surface area contributed by atoms with E-state index in [-0.39, 0.29) is 5.75 Å². The molecule has 1 heterocycles. The van der Waals surface area contributed by atoms with Gasteiger partial charge in [0.2, 0.25) is 0 Å². The Balaban J connectivity index is 2.10. The molecule has 2 aromatic rings. The second-order valence-electron chi connectivity index (χ2n) is 5.26. The molecule has 0 fully saturated rings. The lowest BCUT2D eigenvalue weighted by Gasteiger charge is -2.22. The van der Waals surface area contributed by atoms with Crippen molar-refractivity contribution in [3.63, 3.8) is 0 Å². The fraction of sp³-hybridized carbons (Fsp3) is 0.353. The summed E-state index contributed by atoms with van der Waals surface area (Å²) in [5, 5.41) is 9.96. The molecule has 2 rings (SSSR count). The topological polar surface area (TPSA) is 62.4 Å². The second-order valence-corrected chi connectivity index (χ2v) is 5.26. The van der Waals surface area contributed by atoms with Gasteiger partial charge in [-0.05, 0) is 37.6 Å². The summed E-state index contributed by atoms with van der Waals surface area (Å²) < 4.78 is 0. The third-order valence-corrected chi connectivity index (χ3v) is 3.39. The molecule has 4 heteroatoms. The molecule has 0 bridgehead atoms. The Bertz CT molecular complexity index is 557. The molecule has 0 aliphatic heterocycles. The molecule has 0 aliphatic rings. The Kier molecular flexibility index (Phi) is 5.72. The fourth-order valence-corrected chi connectivity index (χ4v) is 2.30. The molecular formula is C17H23N3O. The zero-order valence-corrected chi connectivity index (χ0v) is 12.5. The van der Waals surface area contributed by atoms with Crippen LogP contribution in [0.1, 0.15) is 23.4 Å². The van der Waals surface area contributed by atoms with Crippen molar-refractivity contribution >= 4 is 0 Å². The summed E-state index contributed by atoms with van der Waals surface area (Å²) in [4.78, 5) is 6.71. The Morgan fingerprint density at radius 3 is 2.57 bits per heavy atom. The molecule has 0 aliphatic carbocycles. The third kappa shape index (κ3) is 4.85. The standard InChI is InChI=1S/C17H23N3O/c1-14-8-9-17(21)16(19-14)13-20(11-5-10-18)12-15-6-3-2-4-7-15/h2-4,6-9,21H,5,10-13,18H2,1H3. The molecule has 112 valence electrons. The van der Waals surface area contributed by atoms with E-state index in [0.717, 1.165) is 30.9 Å². The lowest BCUT2D eigenvalue weighted by molar-refractivity contribution is 0.248. The number of benzene rings is 1. The van der Waals surface area contributed by atoms with E-state index in [2.05, 4.69) is 22.0 Å². The van der Waals surface area contributed by atoms with Crippen molar-refractivity contribution in [3.8, 4) is 5.75 Å². The van der Waals surface area contributed by atoms with Crippen LogP contribution in [0.5, 0.6) is 5.75 Å². The van der Waals surface area contributed by atoms with Crippen LogP contribution in [0.25, 0.3) is 0 Å². The van der Waals surface area contributed by atoms with E-state index in [0.29, 0.717) is 13.1 Å². The number of aromatic hydroxyl groups is 1. The average Bonchev–Trinajstić information content (AvgIpc) is 2.49. The maximum absolute atomic E-state index is 9.96. The van der Waals surface area contributed by atoms with Gasteiger partial charge in [0.25, 0.3) is 0 Å². The van der Waals surface area contributed by atoms with Crippen LogP contribution in [-0.4, -0.2) is 28.1 Å². The molecule has 1 aromatic carbocycles. The predicted octanol–water partition coefficient (Wildman–Crippen LogP) is 2.45. The van der Waals surface area contributed by atoms with E-state index in [9.17, 15) is 5.11 Å². The summed E-state index contributed by atoms with van der Waals surface area (Å²) >= 11 is 0. The lowest BCUT2D eigenvalue weighted by atomic mass is 10.2. The van der Waals surface area contributed by atoms with Crippen molar-refractivity contribution in [1.82, 2.24) is 9.88 Å². The van der Waals surface area contributed by atoms with Crippen molar-refractivity contribution < 1.29 is 5.11 Å². The molecule has 0 saturated heterocycles. The highest BCUT2D eigenvalue weighted by Crippen LogP contribution is 2.18. The van der Waals surface area contributed by atoms with Crippen LogP contribution in [0.2, 0.25) is 0 Å². The van der Waals surface area contributed by atoms with Gasteiger partial charge in [0.1, 0.15) is 5.75 Å². The Labute approximate surface area is 126 Å². The number of hydrogen-bond donors (Lipinski definition) is 2. The lowest BCUT2D eigenvalue weighted by Crippen LogP contribution is -2.26. The minimum absolute atomic E-state index is 0.256. The van der Waals surface area contributed by atoms with E-state index in [1.54, 1.807) is 6.07 Å². The number of aromatic nitrogens is 1. The maximum Gasteiger partial charge on any atom is 0.138 e. The molecule has 0 radical (unpaired) electrons. The summed E-state index contributed by atoms with van der Waals surface area (Å²) in [5.41, 5.74) is 8.52. The third-order valence-electron chi connectivity index (χ3n) is 3.39. The number of nitrogens with zero attached hydrogens (tertiary/aromatic N) is 2. The monoisotopic (exact) mass is 285 g/mol. The molecule has 0 atom stereocenters. The molecule has 0 saturated carbocycles. The summed E-state index contributed by atoms with van der Waals surface area (Å²) in [5.74, 6) is 0.256. The molecule has 21 heavy (non-hydrogen) atoms. The number of aryl methyl sites for hydroxylation is 1. The molecule has 4 nitrogen and oxygen atoms in total. The van der Waals surface area contributed by atoms with Gasteiger partial charge >= 0.3 is 0 Å². The highest BCUT2D eigenvalue weighted by atomic mass is 16.3. The highest BCUT2D eigenvalue weighted by molar-refractivity contribution is 5.27. The molecule has 0 amide bonds. The molecule has 1 aromatic heterocycles. The number of nitrogens with two attached hydrogens (primary N) is 1. The zero-order chi connectivity index (χ0) is 15.1. The van der Waals surface area contributed by atoms with E-state index in [1.165, 1.54) is 5.56 Å². The Hall–Kier alpha value is -1.91. The van der Waals surface area contributed by atoms with Gasteiger partial charge in [-0.2, -0.15) is 0 Å². The van der Waals surface area contributed by atoms with Crippen LogP contribution < -0.4 is 5.73 Å². The van der Waals surface area contributed by atoms with E-state index in [1.807, 2.05) is 31.2 Å². The zero-order valence-electron chi connectivity index (χ0n) is 12.5. The van der Waals surface area contributed by atoms with Crippen LogP contribution in [0.4, 0.5) is 0 Å². The summed E-state index contributed by atoms with van der Waals surface area (Å²) in [7, 11) is 0. The Morgan fingerprint density at radius 1 is 1.10 bits per heavy atom. The van der Waals surface area contributed by atoms with Crippen LogP contribution in [0.15, 0.2) is 42.5 Å².